The summed E-state index contributed by atoms with van der Waals surface area (Å²) in [7, 11) is 0. The lowest BCUT2D eigenvalue weighted by molar-refractivity contribution is -0.237. The first-order valence-electron chi connectivity index (χ1n) is 10.2. The van der Waals surface area contributed by atoms with Crippen LogP contribution in [0.25, 0.3) is 0 Å². The molecule has 0 amide bonds. The fourth-order valence-electron chi connectivity index (χ4n) is 4.29. The highest BCUT2D eigenvalue weighted by atomic mass is 16.5. The van der Waals surface area contributed by atoms with Crippen LogP contribution in [-0.4, -0.2) is 11.2 Å². The molecule has 0 bridgehead atoms. The van der Waals surface area contributed by atoms with Gasteiger partial charge in [0, 0.05) is 0 Å². The van der Waals surface area contributed by atoms with Crippen molar-refractivity contribution >= 4 is 0 Å². The summed E-state index contributed by atoms with van der Waals surface area (Å²) in [6, 6.07) is 0. The predicted octanol–water partition coefficient (Wildman–Crippen LogP) is 7.77. The van der Waals surface area contributed by atoms with Crippen molar-refractivity contribution < 1.29 is 4.74 Å². The van der Waals surface area contributed by atoms with Crippen molar-refractivity contribution in [2.45, 2.75) is 132 Å². The Morgan fingerprint density at radius 3 is 0.957 bits per heavy atom. The smallest absolute Gasteiger partial charge is 0.0712 e. The van der Waals surface area contributed by atoms with E-state index in [1.165, 1.54) is 38.5 Å². The molecule has 0 aliphatic rings. The number of hydrogen-bond acceptors (Lipinski definition) is 1. The maximum atomic E-state index is 7.14. The maximum Gasteiger partial charge on any atom is 0.0712 e. The topological polar surface area (TPSA) is 9.23 Å². The monoisotopic (exact) mass is 326 g/mol. The van der Waals surface area contributed by atoms with Gasteiger partial charge in [-0.1, -0.05) is 81.1 Å². The lowest BCUT2D eigenvalue weighted by atomic mass is 9.67. The van der Waals surface area contributed by atoms with Crippen LogP contribution in [0, 0.1) is 10.8 Å². The van der Waals surface area contributed by atoms with Crippen LogP contribution in [0.3, 0.4) is 0 Å². The molecule has 0 N–H and O–H groups in total. The van der Waals surface area contributed by atoms with Gasteiger partial charge in [0.1, 0.15) is 0 Å². The molecule has 2 unspecified atom stereocenters. The lowest BCUT2D eigenvalue weighted by Gasteiger charge is -2.54. The molecular weight excluding hydrogens is 280 g/mol. The Morgan fingerprint density at radius 2 is 0.739 bits per heavy atom. The third-order valence-corrected chi connectivity index (χ3v) is 6.52. The molecule has 0 aliphatic carbocycles. The highest BCUT2D eigenvalue weighted by molar-refractivity contribution is 4.98. The van der Waals surface area contributed by atoms with E-state index in [1.54, 1.807) is 0 Å². The molecule has 0 fully saturated rings. The summed E-state index contributed by atoms with van der Waals surface area (Å²) < 4.78 is 7.14. The molecule has 140 valence electrons. The van der Waals surface area contributed by atoms with Gasteiger partial charge in [-0.2, -0.15) is 0 Å². The normalized spacial score (nSPS) is 18.5. The number of ether oxygens (including phenoxy) is 1. The van der Waals surface area contributed by atoms with Gasteiger partial charge >= 0.3 is 0 Å². The molecule has 0 aromatic rings. The Kier molecular flexibility index (Phi) is 8.87. The maximum absolute atomic E-state index is 7.14. The Hall–Kier alpha value is -0.0400. The SMILES string of the molecule is CCCC(C)(C)C(C)(CCC)OC(C)(CCC)C(C)(C)CCC. The minimum Gasteiger partial charge on any atom is -0.368 e. The van der Waals surface area contributed by atoms with E-state index >= 15 is 0 Å². The minimum atomic E-state index is -0.0628. The van der Waals surface area contributed by atoms with Crippen molar-refractivity contribution in [3.8, 4) is 0 Å². The molecule has 23 heavy (non-hydrogen) atoms. The van der Waals surface area contributed by atoms with Gasteiger partial charge < -0.3 is 4.74 Å². The Bertz CT molecular complexity index is 299. The summed E-state index contributed by atoms with van der Waals surface area (Å²) in [5.41, 5.74) is 0.281. The zero-order valence-electron chi connectivity index (χ0n) is 18.1. The molecular formula is C22H46O. The van der Waals surface area contributed by atoms with E-state index in [1.807, 2.05) is 0 Å². The summed E-state index contributed by atoms with van der Waals surface area (Å²) in [4.78, 5) is 0. The molecule has 1 heteroatoms. The summed E-state index contributed by atoms with van der Waals surface area (Å²) in [6.45, 7) is 23.5. The van der Waals surface area contributed by atoms with Crippen molar-refractivity contribution in [2.75, 3.05) is 0 Å². The van der Waals surface area contributed by atoms with Crippen LogP contribution in [0.5, 0.6) is 0 Å². The second kappa shape index (κ2) is 8.88. The molecule has 0 aromatic heterocycles. The van der Waals surface area contributed by atoms with E-state index < -0.39 is 0 Å². The quantitative estimate of drug-likeness (QED) is 0.356. The Morgan fingerprint density at radius 1 is 0.478 bits per heavy atom. The second-order valence-corrected chi connectivity index (χ2v) is 9.33. The molecule has 0 saturated carbocycles. The van der Waals surface area contributed by atoms with E-state index in [0.29, 0.717) is 0 Å². The first-order chi connectivity index (χ1) is 10.4. The van der Waals surface area contributed by atoms with Gasteiger partial charge in [-0.15, -0.1) is 0 Å². The third kappa shape index (κ3) is 5.48. The molecule has 1 nitrogen and oxygen atoms in total. The highest BCUT2D eigenvalue weighted by Gasteiger charge is 2.49. The van der Waals surface area contributed by atoms with E-state index in [2.05, 4.69) is 69.2 Å². The molecule has 2 atom stereocenters. The van der Waals surface area contributed by atoms with Crippen molar-refractivity contribution in [3.63, 3.8) is 0 Å². The van der Waals surface area contributed by atoms with Crippen LogP contribution in [0.4, 0.5) is 0 Å². The van der Waals surface area contributed by atoms with Crippen LogP contribution >= 0.6 is 0 Å². The summed E-state index contributed by atoms with van der Waals surface area (Å²) in [5.74, 6) is 0. The van der Waals surface area contributed by atoms with Gasteiger partial charge in [-0.25, -0.2) is 0 Å². The second-order valence-electron chi connectivity index (χ2n) is 9.33. The van der Waals surface area contributed by atoms with Gasteiger partial charge in [-0.05, 0) is 50.4 Å². The average molecular weight is 327 g/mol. The molecule has 0 aliphatic heterocycles. The van der Waals surface area contributed by atoms with Gasteiger partial charge in [0.25, 0.3) is 0 Å². The Labute approximate surface area is 148 Å². The van der Waals surface area contributed by atoms with Crippen molar-refractivity contribution in [1.29, 1.82) is 0 Å². The number of hydrogen-bond donors (Lipinski definition) is 0. The van der Waals surface area contributed by atoms with E-state index in [4.69, 9.17) is 4.74 Å². The third-order valence-electron chi connectivity index (χ3n) is 6.52. The molecule has 0 heterocycles. The molecule has 0 radical (unpaired) electrons. The summed E-state index contributed by atoms with van der Waals surface area (Å²) >= 11 is 0. The van der Waals surface area contributed by atoms with E-state index in [9.17, 15) is 0 Å². The molecule has 0 spiro atoms. The number of rotatable bonds is 12. The first-order valence-corrected chi connectivity index (χ1v) is 10.2. The zero-order chi connectivity index (χ0) is 18.4. The van der Waals surface area contributed by atoms with Crippen LogP contribution in [0.2, 0.25) is 0 Å². The van der Waals surface area contributed by atoms with Crippen LogP contribution in [-0.2, 0) is 4.74 Å². The van der Waals surface area contributed by atoms with Gasteiger partial charge in [-0.3, -0.25) is 0 Å². The van der Waals surface area contributed by atoms with E-state index in [0.717, 1.165) is 12.8 Å². The highest BCUT2D eigenvalue weighted by Crippen LogP contribution is 2.50. The molecule has 0 saturated heterocycles. The van der Waals surface area contributed by atoms with Crippen molar-refractivity contribution in [3.05, 3.63) is 0 Å². The first kappa shape index (κ1) is 23.0. The standard InChI is InChI=1S/C22H46O/c1-11-15-19(5,6)21(9,17-13-3)23-22(10,18-14-4)20(7,8)16-12-2/h11-18H2,1-10H3. The minimum absolute atomic E-state index is 0.0628. The largest absolute Gasteiger partial charge is 0.368 e. The zero-order valence-corrected chi connectivity index (χ0v) is 18.1. The van der Waals surface area contributed by atoms with Crippen molar-refractivity contribution in [1.82, 2.24) is 0 Å². The van der Waals surface area contributed by atoms with Crippen LogP contribution in [0.1, 0.15) is 121 Å². The van der Waals surface area contributed by atoms with Crippen LogP contribution < -0.4 is 0 Å². The fraction of sp³-hybridized carbons (Fsp3) is 1.00. The molecule has 0 aromatic carbocycles. The van der Waals surface area contributed by atoms with Gasteiger partial charge in [0.05, 0.1) is 11.2 Å². The lowest BCUT2D eigenvalue weighted by Crippen LogP contribution is -2.55. The van der Waals surface area contributed by atoms with Crippen LogP contribution in [0.15, 0.2) is 0 Å². The Balaban J connectivity index is 5.72. The summed E-state index contributed by atoms with van der Waals surface area (Å²) in [6.07, 6.45) is 9.53. The summed E-state index contributed by atoms with van der Waals surface area (Å²) in [5, 5.41) is 0. The van der Waals surface area contributed by atoms with Crippen molar-refractivity contribution in [2.24, 2.45) is 10.8 Å². The fourth-order valence-corrected chi connectivity index (χ4v) is 4.29. The predicted molar refractivity (Wildman–Crippen MR) is 105 cm³/mol. The van der Waals surface area contributed by atoms with Gasteiger partial charge in [0.15, 0.2) is 0 Å². The van der Waals surface area contributed by atoms with E-state index in [-0.39, 0.29) is 22.0 Å². The average Bonchev–Trinajstić information content (AvgIpc) is 2.38. The molecule has 0 rings (SSSR count). The van der Waals surface area contributed by atoms with Gasteiger partial charge in [0.2, 0.25) is 0 Å².